The van der Waals surface area contributed by atoms with E-state index >= 15 is 0 Å². The van der Waals surface area contributed by atoms with Crippen LogP contribution in [-0.2, 0) is 4.74 Å². The van der Waals surface area contributed by atoms with E-state index in [1.54, 1.807) is 0 Å². The number of nitrogens with one attached hydrogen (secondary N) is 1. The number of para-hydroxylation sites is 1. The smallest absolute Gasteiger partial charge is 0.112 e. The molecule has 5 nitrogen and oxygen atoms in total. The van der Waals surface area contributed by atoms with Crippen LogP contribution in [0.5, 0.6) is 0 Å². The maximum Gasteiger partial charge on any atom is 0.112 e. The normalized spacial score (nSPS) is 21.0. The SMILES string of the molecule is c1cc(N2CCOCC2)c2ncn(C3CCNCC3)c2c1. The molecule has 0 atom stereocenters. The van der Waals surface area contributed by atoms with E-state index < -0.39 is 0 Å². The molecule has 3 heterocycles. The van der Waals surface area contributed by atoms with Crippen LogP contribution in [0.4, 0.5) is 5.69 Å². The number of rotatable bonds is 2. The van der Waals surface area contributed by atoms with Gasteiger partial charge in [-0.25, -0.2) is 4.98 Å². The van der Waals surface area contributed by atoms with E-state index in [1.165, 1.54) is 24.0 Å². The van der Waals surface area contributed by atoms with E-state index in [0.717, 1.165) is 44.9 Å². The predicted molar refractivity (Wildman–Crippen MR) is 83.9 cm³/mol. The Labute approximate surface area is 124 Å². The van der Waals surface area contributed by atoms with Crippen molar-refractivity contribution in [3.63, 3.8) is 0 Å². The van der Waals surface area contributed by atoms with Crippen molar-refractivity contribution in [2.75, 3.05) is 44.3 Å². The molecule has 5 heteroatoms. The van der Waals surface area contributed by atoms with Crippen LogP contribution >= 0.6 is 0 Å². The molecule has 2 aliphatic rings. The van der Waals surface area contributed by atoms with Crippen molar-refractivity contribution in [1.82, 2.24) is 14.9 Å². The van der Waals surface area contributed by atoms with Gasteiger partial charge in [-0.3, -0.25) is 0 Å². The molecule has 1 aromatic heterocycles. The third-order valence-electron chi connectivity index (χ3n) is 4.64. The Kier molecular flexibility index (Phi) is 3.53. The number of benzene rings is 1. The van der Waals surface area contributed by atoms with Gasteiger partial charge in [-0.1, -0.05) is 6.07 Å². The predicted octanol–water partition coefficient (Wildman–Crippen LogP) is 1.80. The van der Waals surface area contributed by atoms with Crippen molar-refractivity contribution in [3.8, 4) is 0 Å². The Bertz CT molecular complexity index is 612. The van der Waals surface area contributed by atoms with Crippen LogP contribution < -0.4 is 10.2 Å². The molecule has 1 aromatic carbocycles. The molecule has 112 valence electrons. The summed E-state index contributed by atoms with van der Waals surface area (Å²) in [6.45, 7) is 5.75. The molecule has 0 aliphatic carbocycles. The number of imidazole rings is 1. The highest BCUT2D eigenvalue weighted by Gasteiger charge is 2.20. The Hall–Kier alpha value is -1.59. The lowest BCUT2D eigenvalue weighted by atomic mass is 10.1. The van der Waals surface area contributed by atoms with Crippen LogP contribution in [0.25, 0.3) is 11.0 Å². The molecule has 0 unspecified atom stereocenters. The summed E-state index contributed by atoms with van der Waals surface area (Å²) in [6.07, 6.45) is 4.41. The van der Waals surface area contributed by atoms with Gasteiger partial charge < -0.3 is 19.5 Å². The fourth-order valence-corrected chi connectivity index (χ4v) is 3.48. The van der Waals surface area contributed by atoms with Crippen LogP contribution in [0.15, 0.2) is 24.5 Å². The first kappa shape index (κ1) is 13.1. The Balaban J connectivity index is 1.71. The summed E-state index contributed by atoms with van der Waals surface area (Å²) >= 11 is 0. The first-order valence-electron chi connectivity index (χ1n) is 7.92. The minimum Gasteiger partial charge on any atom is -0.378 e. The number of aromatic nitrogens is 2. The number of fused-ring (bicyclic) bond motifs is 1. The molecular formula is C16H22N4O. The van der Waals surface area contributed by atoms with Crippen molar-refractivity contribution < 1.29 is 4.74 Å². The highest BCUT2D eigenvalue weighted by Crippen LogP contribution is 2.30. The van der Waals surface area contributed by atoms with Crippen molar-refractivity contribution in [2.45, 2.75) is 18.9 Å². The summed E-state index contributed by atoms with van der Waals surface area (Å²) in [5.74, 6) is 0. The van der Waals surface area contributed by atoms with Crippen molar-refractivity contribution in [1.29, 1.82) is 0 Å². The fourth-order valence-electron chi connectivity index (χ4n) is 3.48. The van der Waals surface area contributed by atoms with Crippen LogP contribution in [0.3, 0.4) is 0 Å². The maximum atomic E-state index is 5.46. The molecule has 0 radical (unpaired) electrons. The molecule has 4 rings (SSSR count). The Morgan fingerprint density at radius 2 is 1.95 bits per heavy atom. The number of piperidine rings is 1. The minimum atomic E-state index is 0.580. The maximum absolute atomic E-state index is 5.46. The van der Waals surface area contributed by atoms with Crippen LogP contribution in [0, 0.1) is 0 Å². The minimum absolute atomic E-state index is 0.580. The second kappa shape index (κ2) is 5.66. The number of morpholine rings is 1. The molecular weight excluding hydrogens is 264 g/mol. The second-order valence-corrected chi connectivity index (χ2v) is 5.88. The van der Waals surface area contributed by atoms with Gasteiger partial charge in [0, 0.05) is 19.1 Å². The van der Waals surface area contributed by atoms with Gasteiger partial charge in [-0.05, 0) is 38.1 Å². The molecule has 21 heavy (non-hydrogen) atoms. The van der Waals surface area contributed by atoms with E-state index in [4.69, 9.17) is 9.72 Å². The molecule has 2 aromatic rings. The van der Waals surface area contributed by atoms with Gasteiger partial charge in [0.2, 0.25) is 0 Å². The average Bonchev–Trinajstić information content (AvgIpc) is 3.00. The molecule has 2 fully saturated rings. The monoisotopic (exact) mass is 286 g/mol. The summed E-state index contributed by atoms with van der Waals surface area (Å²) in [5, 5.41) is 3.43. The van der Waals surface area contributed by atoms with Crippen LogP contribution in [0.2, 0.25) is 0 Å². The van der Waals surface area contributed by atoms with E-state index in [0.29, 0.717) is 6.04 Å². The van der Waals surface area contributed by atoms with Crippen molar-refractivity contribution in [3.05, 3.63) is 24.5 Å². The topological polar surface area (TPSA) is 42.3 Å². The summed E-state index contributed by atoms with van der Waals surface area (Å²) < 4.78 is 7.83. The summed E-state index contributed by atoms with van der Waals surface area (Å²) in [5.41, 5.74) is 3.66. The van der Waals surface area contributed by atoms with Gasteiger partial charge in [0.05, 0.1) is 30.7 Å². The molecule has 0 saturated carbocycles. The lowest BCUT2D eigenvalue weighted by molar-refractivity contribution is 0.123. The zero-order valence-corrected chi connectivity index (χ0v) is 12.3. The van der Waals surface area contributed by atoms with E-state index in [2.05, 4.69) is 33.0 Å². The van der Waals surface area contributed by atoms with Gasteiger partial charge in [-0.2, -0.15) is 0 Å². The number of ether oxygens (including phenoxy) is 1. The number of hydrogen-bond acceptors (Lipinski definition) is 4. The average molecular weight is 286 g/mol. The molecule has 2 saturated heterocycles. The van der Waals surface area contributed by atoms with Crippen molar-refractivity contribution >= 4 is 16.7 Å². The standard InChI is InChI=1S/C16H22N4O/c1-2-14(19-8-10-21-11-9-19)16-15(3-1)20(12-18-16)13-4-6-17-7-5-13/h1-3,12-13,17H,4-11H2. The van der Waals surface area contributed by atoms with Crippen molar-refractivity contribution in [2.24, 2.45) is 0 Å². The number of anilines is 1. The van der Waals surface area contributed by atoms with Crippen LogP contribution in [-0.4, -0.2) is 48.9 Å². The molecule has 0 amide bonds. The quantitative estimate of drug-likeness (QED) is 0.914. The summed E-state index contributed by atoms with van der Waals surface area (Å²) in [4.78, 5) is 7.12. The fraction of sp³-hybridized carbons (Fsp3) is 0.562. The highest BCUT2D eigenvalue weighted by atomic mass is 16.5. The van der Waals surface area contributed by atoms with Gasteiger partial charge in [0.15, 0.2) is 0 Å². The first-order valence-corrected chi connectivity index (χ1v) is 7.92. The zero-order chi connectivity index (χ0) is 14.1. The van der Waals surface area contributed by atoms with E-state index in [9.17, 15) is 0 Å². The number of hydrogen-bond donors (Lipinski definition) is 1. The number of nitrogens with zero attached hydrogens (tertiary/aromatic N) is 3. The molecule has 2 aliphatic heterocycles. The second-order valence-electron chi connectivity index (χ2n) is 5.88. The Morgan fingerprint density at radius 1 is 1.14 bits per heavy atom. The third kappa shape index (κ3) is 2.40. The van der Waals surface area contributed by atoms with E-state index in [-0.39, 0.29) is 0 Å². The lowest BCUT2D eigenvalue weighted by Crippen LogP contribution is -2.36. The molecule has 0 spiro atoms. The van der Waals surface area contributed by atoms with Crippen LogP contribution in [0.1, 0.15) is 18.9 Å². The van der Waals surface area contributed by atoms with Gasteiger partial charge in [0.1, 0.15) is 5.52 Å². The highest BCUT2D eigenvalue weighted by molar-refractivity contribution is 5.89. The summed E-state index contributed by atoms with van der Waals surface area (Å²) in [7, 11) is 0. The lowest BCUT2D eigenvalue weighted by Gasteiger charge is -2.29. The van der Waals surface area contributed by atoms with Gasteiger partial charge >= 0.3 is 0 Å². The molecule has 1 N–H and O–H groups in total. The Morgan fingerprint density at radius 3 is 2.76 bits per heavy atom. The van der Waals surface area contributed by atoms with E-state index in [1.807, 2.05) is 6.33 Å². The van der Waals surface area contributed by atoms with Gasteiger partial charge in [-0.15, -0.1) is 0 Å². The van der Waals surface area contributed by atoms with Gasteiger partial charge in [0.25, 0.3) is 0 Å². The molecule has 0 bridgehead atoms. The third-order valence-corrected chi connectivity index (χ3v) is 4.64. The summed E-state index contributed by atoms with van der Waals surface area (Å²) in [6, 6.07) is 7.13. The first-order chi connectivity index (χ1) is 10.4. The largest absolute Gasteiger partial charge is 0.378 e. The zero-order valence-electron chi connectivity index (χ0n) is 12.3.